The van der Waals surface area contributed by atoms with Gasteiger partial charge in [-0.15, -0.1) is 0 Å². The third-order valence-electron chi connectivity index (χ3n) is 6.51. The van der Waals surface area contributed by atoms with Crippen molar-refractivity contribution < 1.29 is 14.3 Å². The normalized spacial score (nSPS) is 13.5. The van der Waals surface area contributed by atoms with Crippen molar-refractivity contribution in [1.82, 2.24) is 19.1 Å². The average molecular weight is 514 g/mol. The van der Waals surface area contributed by atoms with Crippen LogP contribution in [0.1, 0.15) is 24.0 Å². The van der Waals surface area contributed by atoms with E-state index in [1.807, 2.05) is 37.3 Å². The lowest BCUT2D eigenvalue weighted by Gasteiger charge is -2.18. The predicted octanol–water partition coefficient (Wildman–Crippen LogP) is 3.65. The lowest BCUT2D eigenvalue weighted by molar-refractivity contribution is -0.147. The molecule has 0 saturated heterocycles. The van der Waals surface area contributed by atoms with Crippen LogP contribution in [0.4, 0.5) is 11.6 Å². The number of aryl methyl sites for hydroxylation is 1. The highest BCUT2D eigenvalue weighted by atomic mass is 16.5. The number of nitrogens with one attached hydrogen (secondary N) is 1. The van der Waals surface area contributed by atoms with Gasteiger partial charge in [0.1, 0.15) is 5.75 Å². The highest BCUT2D eigenvalue weighted by molar-refractivity contribution is 5.79. The zero-order valence-electron chi connectivity index (χ0n) is 21.1. The summed E-state index contributed by atoms with van der Waals surface area (Å²) in [5.41, 5.74) is 0.402. The average Bonchev–Trinajstić information content (AvgIpc) is 3.72. The number of hydrogen-bond acceptors (Lipinski definition) is 8. The van der Waals surface area contributed by atoms with Crippen molar-refractivity contribution >= 4 is 17.6 Å². The lowest BCUT2D eigenvalue weighted by Crippen LogP contribution is -2.45. The maximum Gasteiger partial charge on any atom is 0.354 e. The van der Waals surface area contributed by atoms with Gasteiger partial charge in [0.2, 0.25) is 11.8 Å². The number of esters is 1. The Balaban J connectivity index is 1.47. The van der Waals surface area contributed by atoms with Crippen LogP contribution in [0.3, 0.4) is 0 Å². The molecule has 0 amide bonds. The molecule has 0 spiro atoms. The summed E-state index contributed by atoms with van der Waals surface area (Å²) in [6.07, 6.45) is 2.75. The second kappa shape index (κ2) is 10.3. The molecule has 0 unspecified atom stereocenters. The molecule has 2 heterocycles. The molecule has 10 nitrogen and oxygen atoms in total. The number of pyridine rings is 1. The molecule has 4 aromatic rings. The molecule has 0 atom stereocenters. The number of ether oxygens (including phenoxy) is 2. The Bertz CT molecular complexity index is 1560. The third kappa shape index (κ3) is 5.34. The monoisotopic (exact) mass is 513 g/mol. The molecule has 2 aromatic carbocycles. The van der Waals surface area contributed by atoms with Crippen LogP contribution in [0.15, 0.2) is 82.5 Å². The molecule has 1 fully saturated rings. The number of benzene rings is 2. The molecule has 1 saturated carbocycles. The second-order valence-corrected chi connectivity index (χ2v) is 9.35. The number of carbonyl (C=O) groups is 1. The van der Waals surface area contributed by atoms with E-state index in [9.17, 15) is 14.4 Å². The number of rotatable bonds is 9. The molecule has 10 heteroatoms. The number of carbonyl (C=O) groups excluding carboxylic acids is 1. The van der Waals surface area contributed by atoms with Gasteiger partial charge in [-0.3, -0.25) is 9.36 Å². The molecular formula is C28H27N5O5. The molecule has 2 aromatic heterocycles. The fourth-order valence-electron chi connectivity index (χ4n) is 4.14. The minimum atomic E-state index is -0.862. The summed E-state index contributed by atoms with van der Waals surface area (Å²) in [7, 11) is 1.30. The Morgan fingerprint density at radius 2 is 1.74 bits per heavy atom. The summed E-state index contributed by atoms with van der Waals surface area (Å²) in [5.74, 6) is 0.709. The molecule has 1 aliphatic carbocycles. The molecule has 38 heavy (non-hydrogen) atoms. The van der Waals surface area contributed by atoms with E-state index in [-0.39, 0.29) is 19.0 Å². The van der Waals surface area contributed by atoms with Crippen LogP contribution in [0.25, 0.3) is 0 Å². The summed E-state index contributed by atoms with van der Waals surface area (Å²) in [6.45, 7) is 2.09. The minimum Gasteiger partial charge on any atom is -0.469 e. The van der Waals surface area contributed by atoms with Gasteiger partial charge in [-0.25, -0.2) is 19.1 Å². The molecule has 194 valence electrons. The topological polar surface area (TPSA) is 117 Å². The molecule has 5 rings (SSSR count). The fourth-order valence-corrected chi connectivity index (χ4v) is 4.14. The number of hydrogen-bond donors (Lipinski definition) is 1. The molecule has 0 aliphatic heterocycles. The van der Waals surface area contributed by atoms with Crippen molar-refractivity contribution in [3.63, 3.8) is 0 Å². The van der Waals surface area contributed by atoms with Crippen LogP contribution in [-0.2, 0) is 22.6 Å². The molecule has 0 bridgehead atoms. The van der Waals surface area contributed by atoms with Gasteiger partial charge in [-0.2, -0.15) is 4.98 Å². The standard InChI is InChI=1S/C28H27N5O5/c1-19-6-8-20(9-7-19)17-32-25(30-21-10-12-22(13-11-21)38-23-5-3-4-16-29-23)31-26(35)33(27(32)36)18-28(14-15-28)24(34)37-2/h3-13,16H,14-15,17-18H2,1-2H3,(H,30,31,35). The maximum absolute atomic E-state index is 13.6. The van der Waals surface area contributed by atoms with Gasteiger partial charge in [-0.1, -0.05) is 35.9 Å². The zero-order chi connectivity index (χ0) is 26.7. The van der Waals surface area contributed by atoms with Gasteiger partial charge in [0.05, 0.1) is 19.1 Å². The van der Waals surface area contributed by atoms with Gasteiger partial charge in [-0.05, 0) is 55.7 Å². The van der Waals surface area contributed by atoms with E-state index in [0.29, 0.717) is 30.2 Å². The van der Waals surface area contributed by atoms with Crippen molar-refractivity contribution in [3.05, 3.63) is 105 Å². The Kier molecular flexibility index (Phi) is 6.78. The van der Waals surface area contributed by atoms with E-state index in [2.05, 4.69) is 15.3 Å². The van der Waals surface area contributed by atoms with E-state index in [1.54, 1.807) is 42.6 Å². The number of aromatic nitrogens is 4. The number of nitrogens with zero attached hydrogens (tertiary/aromatic N) is 4. The van der Waals surface area contributed by atoms with Crippen molar-refractivity contribution in [2.75, 3.05) is 12.4 Å². The largest absolute Gasteiger partial charge is 0.469 e. The SMILES string of the molecule is COC(=O)C1(Cn2c(=O)nc(Nc3ccc(Oc4ccccn4)cc3)n(Cc3ccc(C)cc3)c2=O)CC1. The lowest BCUT2D eigenvalue weighted by atomic mass is 10.1. The summed E-state index contributed by atoms with van der Waals surface area (Å²) in [5, 5.41) is 3.09. The highest BCUT2D eigenvalue weighted by Crippen LogP contribution is 2.47. The van der Waals surface area contributed by atoms with E-state index in [1.165, 1.54) is 11.7 Å². The summed E-state index contributed by atoms with van der Waals surface area (Å²) >= 11 is 0. The molecule has 1 aliphatic rings. The first kappa shape index (κ1) is 24.9. The summed E-state index contributed by atoms with van der Waals surface area (Å²) < 4.78 is 13.1. The van der Waals surface area contributed by atoms with Crippen molar-refractivity contribution in [3.8, 4) is 11.6 Å². The van der Waals surface area contributed by atoms with Crippen LogP contribution in [0.2, 0.25) is 0 Å². The summed E-state index contributed by atoms with van der Waals surface area (Å²) in [6, 6.07) is 20.1. The third-order valence-corrected chi connectivity index (χ3v) is 6.51. The first-order chi connectivity index (χ1) is 18.4. The van der Waals surface area contributed by atoms with Gasteiger partial charge in [0, 0.05) is 24.5 Å². The number of methoxy groups -OCH3 is 1. The summed E-state index contributed by atoms with van der Waals surface area (Å²) in [4.78, 5) is 47.2. The molecule has 1 N–H and O–H groups in total. The quantitative estimate of drug-likeness (QED) is 0.337. The van der Waals surface area contributed by atoms with Gasteiger partial charge >= 0.3 is 17.3 Å². The number of anilines is 2. The Labute approximate surface area is 218 Å². The molecular weight excluding hydrogens is 486 g/mol. The smallest absolute Gasteiger partial charge is 0.354 e. The Morgan fingerprint density at radius 1 is 1.00 bits per heavy atom. The van der Waals surface area contributed by atoms with Gasteiger partial charge in [0.25, 0.3) is 0 Å². The highest BCUT2D eigenvalue weighted by Gasteiger charge is 2.52. The van der Waals surface area contributed by atoms with Gasteiger partial charge in [0.15, 0.2) is 0 Å². The van der Waals surface area contributed by atoms with Crippen LogP contribution in [0.5, 0.6) is 11.6 Å². The first-order valence-corrected chi connectivity index (χ1v) is 12.2. The van der Waals surface area contributed by atoms with E-state index in [4.69, 9.17) is 9.47 Å². The van der Waals surface area contributed by atoms with E-state index < -0.39 is 22.8 Å². The minimum absolute atomic E-state index is 0.0714. The maximum atomic E-state index is 13.6. The van der Waals surface area contributed by atoms with Crippen LogP contribution in [0, 0.1) is 12.3 Å². The Morgan fingerprint density at radius 3 is 2.37 bits per heavy atom. The van der Waals surface area contributed by atoms with E-state index in [0.717, 1.165) is 15.7 Å². The fraction of sp³-hybridized carbons (Fsp3) is 0.250. The van der Waals surface area contributed by atoms with Crippen LogP contribution >= 0.6 is 0 Å². The van der Waals surface area contributed by atoms with E-state index >= 15 is 0 Å². The molecule has 0 radical (unpaired) electrons. The zero-order valence-corrected chi connectivity index (χ0v) is 21.1. The predicted molar refractivity (Wildman–Crippen MR) is 141 cm³/mol. The van der Waals surface area contributed by atoms with Crippen molar-refractivity contribution in [2.24, 2.45) is 5.41 Å². The Hall–Kier alpha value is -4.73. The van der Waals surface area contributed by atoms with Crippen LogP contribution in [-0.4, -0.2) is 32.2 Å². The first-order valence-electron chi connectivity index (χ1n) is 12.2. The van der Waals surface area contributed by atoms with Crippen molar-refractivity contribution in [1.29, 1.82) is 0 Å². The second-order valence-electron chi connectivity index (χ2n) is 9.35. The van der Waals surface area contributed by atoms with Crippen molar-refractivity contribution in [2.45, 2.75) is 32.9 Å². The van der Waals surface area contributed by atoms with Crippen LogP contribution < -0.4 is 21.4 Å². The van der Waals surface area contributed by atoms with Gasteiger partial charge < -0.3 is 14.8 Å².